The lowest BCUT2D eigenvalue weighted by Gasteiger charge is -2.38. The Kier molecular flexibility index (Phi) is 5.48. The Hall–Kier alpha value is -2.92. The summed E-state index contributed by atoms with van der Waals surface area (Å²) in [5.74, 6) is 0.710. The van der Waals surface area contributed by atoms with E-state index < -0.39 is 20.8 Å². The molecule has 166 valence electrons. The van der Waals surface area contributed by atoms with Crippen LogP contribution in [0.25, 0.3) is 0 Å². The maximum absolute atomic E-state index is 13.3. The van der Waals surface area contributed by atoms with Gasteiger partial charge in [-0.2, -0.15) is 4.98 Å². The number of aromatic nitrogens is 2. The summed E-state index contributed by atoms with van der Waals surface area (Å²) in [5, 5.41) is -0.843. The number of methoxy groups -OCH3 is 1. The minimum absolute atomic E-state index is 0.0365. The molecule has 4 rings (SSSR count). The third-order valence-corrected chi connectivity index (χ3v) is 7.90. The summed E-state index contributed by atoms with van der Waals surface area (Å²) in [7, 11) is -0.803. The molecule has 0 aliphatic carbocycles. The Bertz CT molecular complexity index is 1090. The fourth-order valence-electron chi connectivity index (χ4n) is 4.06. The fourth-order valence-corrected chi connectivity index (χ4v) is 5.87. The van der Waals surface area contributed by atoms with Crippen molar-refractivity contribution in [3.63, 3.8) is 0 Å². The summed E-state index contributed by atoms with van der Waals surface area (Å²) < 4.78 is 38.5. The van der Waals surface area contributed by atoms with E-state index >= 15 is 0 Å². The van der Waals surface area contributed by atoms with Crippen molar-refractivity contribution < 1.29 is 17.9 Å². The van der Waals surface area contributed by atoms with Crippen LogP contribution in [-0.2, 0) is 26.9 Å². The lowest BCUT2D eigenvalue weighted by Crippen LogP contribution is -2.56. The fraction of sp³-hybridized carbons (Fsp3) is 0.450. The van der Waals surface area contributed by atoms with Crippen LogP contribution in [-0.4, -0.2) is 67.8 Å². The van der Waals surface area contributed by atoms with Crippen LogP contribution in [0.4, 0.5) is 5.95 Å². The number of ether oxygens (including phenoxy) is 2. The van der Waals surface area contributed by atoms with Crippen LogP contribution in [0.15, 0.2) is 41.4 Å². The zero-order chi connectivity index (χ0) is 22.2. The van der Waals surface area contributed by atoms with Gasteiger partial charge in [-0.05, 0) is 12.5 Å². The quantitative estimate of drug-likeness (QED) is 0.688. The highest BCUT2D eigenvalue weighted by atomic mass is 32.2. The zero-order valence-electron chi connectivity index (χ0n) is 17.7. The van der Waals surface area contributed by atoms with E-state index in [0.29, 0.717) is 30.7 Å². The highest BCUT2D eigenvalue weighted by Crippen LogP contribution is 2.44. The highest BCUT2D eigenvalue weighted by Gasteiger charge is 2.59. The van der Waals surface area contributed by atoms with Crippen LogP contribution in [0.3, 0.4) is 0 Å². The van der Waals surface area contributed by atoms with Gasteiger partial charge in [0.1, 0.15) is 10.8 Å². The van der Waals surface area contributed by atoms with Gasteiger partial charge in [0, 0.05) is 26.3 Å². The Balaban J connectivity index is 1.81. The monoisotopic (exact) mass is 446 g/mol. The largest absolute Gasteiger partial charge is 0.481 e. The number of nitrogens with two attached hydrogens (primary N) is 1. The number of hydrogen-bond donors (Lipinski definition) is 1. The van der Waals surface area contributed by atoms with E-state index in [1.54, 1.807) is 6.07 Å². The minimum atomic E-state index is -3.75. The molecule has 2 aliphatic heterocycles. The van der Waals surface area contributed by atoms with Crippen molar-refractivity contribution in [2.75, 3.05) is 38.8 Å². The molecule has 2 aromatic rings. The molecular formula is C20H26N6O4S. The molecule has 3 heterocycles. The number of hydrogen-bond acceptors (Lipinski definition) is 9. The van der Waals surface area contributed by atoms with Gasteiger partial charge < -0.3 is 20.1 Å². The number of benzene rings is 1. The molecule has 2 unspecified atom stereocenters. The second kappa shape index (κ2) is 7.97. The molecule has 0 saturated carbocycles. The zero-order valence-corrected chi connectivity index (χ0v) is 18.5. The third kappa shape index (κ3) is 3.57. The number of fused-ring (bicyclic) bond motifs is 1. The van der Waals surface area contributed by atoms with Crippen LogP contribution >= 0.6 is 0 Å². The van der Waals surface area contributed by atoms with Gasteiger partial charge in [-0.15, -0.1) is 0 Å². The van der Waals surface area contributed by atoms with Crippen molar-refractivity contribution in [1.29, 1.82) is 0 Å². The Labute approximate surface area is 181 Å². The van der Waals surface area contributed by atoms with Crippen molar-refractivity contribution in [1.82, 2.24) is 14.3 Å². The first kappa shape index (κ1) is 21.3. The molecule has 0 bridgehead atoms. The SMILES string of the molecule is CCOCc1cc(OC)nc(N2CC3C(c4ccccc4)(C2)N=C(N)N(C)S3(=O)=O)n1. The molecule has 31 heavy (non-hydrogen) atoms. The predicted octanol–water partition coefficient (Wildman–Crippen LogP) is 0.696. The van der Waals surface area contributed by atoms with Crippen LogP contribution in [0.2, 0.25) is 0 Å². The molecule has 1 saturated heterocycles. The molecule has 2 N–H and O–H groups in total. The number of anilines is 1. The molecule has 1 aromatic heterocycles. The van der Waals surface area contributed by atoms with E-state index in [0.717, 1.165) is 9.87 Å². The highest BCUT2D eigenvalue weighted by molar-refractivity contribution is 7.90. The van der Waals surface area contributed by atoms with E-state index in [1.165, 1.54) is 14.2 Å². The van der Waals surface area contributed by atoms with E-state index in [2.05, 4.69) is 9.97 Å². The summed E-state index contributed by atoms with van der Waals surface area (Å²) in [4.78, 5) is 15.6. The first-order chi connectivity index (χ1) is 14.8. The van der Waals surface area contributed by atoms with Gasteiger partial charge in [-0.3, -0.25) is 0 Å². The first-order valence-electron chi connectivity index (χ1n) is 9.95. The van der Waals surface area contributed by atoms with Gasteiger partial charge in [0.25, 0.3) is 0 Å². The molecule has 10 nitrogen and oxygen atoms in total. The number of nitrogens with zero attached hydrogens (tertiary/aromatic N) is 5. The van der Waals surface area contributed by atoms with Crippen molar-refractivity contribution in [3.8, 4) is 5.88 Å². The lowest BCUT2D eigenvalue weighted by molar-refractivity contribution is 0.131. The third-order valence-electron chi connectivity index (χ3n) is 5.69. The summed E-state index contributed by atoms with van der Waals surface area (Å²) in [6, 6.07) is 11.1. The Morgan fingerprint density at radius 3 is 2.68 bits per heavy atom. The van der Waals surface area contributed by atoms with E-state index in [9.17, 15) is 8.42 Å². The smallest absolute Gasteiger partial charge is 0.244 e. The van der Waals surface area contributed by atoms with E-state index in [1.807, 2.05) is 42.2 Å². The standard InChI is InChI=1S/C20H26N6O4S/c1-4-30-12-15-10-17(29-3)23-19(22-15)26-11-16-20(13-26,14-8-6-5-7-9-14)24-18(21)25(2)31(16,27)28/h5-10,16H,4,11-13H2,1-3H3,(H2,21,24). The van der Waals surface area contributed by atoms with Crippen molar-refractivity contribution in [2.45, 2.75) is 24.3 Å². The maximum atomic E-state index is 13.3. The van der Waals surface area contributed by atoms with Gasteiger partial charge in [0.2, 0.25) is 27.8 Å². The van der Waals surface area contributed by atoms with Crippen molar-refractivity contribution >= 4 is 21.9 Å². The van der Waals surface area contributed by atoms with Crippen LogP contribution in [0, 0.1) is 0 Å². The van der Waals surface area contributed by atoms with Gasteiger partial charge in [0.15, 0.2) is 0 Å². The minimum Gasteiger partial charge on any atom is -0.481 e. The average molecular weight is 447 g/mol. The second-order valence-electron chi connectivity index (χ2n) is 7.48. The van der Waals surface area contributed by atoms with Crippen molar-refractivity contribution in [2.24, 2.45) is 10.7 Å². The van der Waals surface area contributed by atoms with Gasteiger partial charge in [-0.25, -0.2) is 22.7 Å². The molecule has 2 atom stereocenters. The number of rotatable bonds is 6. The molecule has 1 fully saturated rings. The van der Waals surface area contributed by atoms with Crippen molar-refractivity contribution in [3.05, 3.63) is 47.7 Å². The predicted molar refractivity (Wildman–Crippen MR) is 116 cm³/mol. The second-order valence-corrected chi connectivity index (χ2v) is 9.63. The topological polar surface area (TPSA) is 123 Å². The molecule has 11 heteroatoms. The maximum Gasteiger partial charge on any atom is 0.244 e. The van der Waals surface area contributed by atoms with Crippen LogP contribution in [0.1, 0.15) is 18.2 Å². The molecule has 0 spiro atoms. The summed E-state index contributed by atoms with van der Waals surface area (Å²) in [6.45, 7) is 3.17. The Morgan fingerprint density at radius 1 is 1.26 bits per heavy atom. The molecule has 0 amide bonds. The van der Waals surface area contributed by atoms with Crippen LogP contribution in [0.5, 0.6) is 5.88 Å². The molecular weight excluding hydrogens is 420 g/mol. The summed E-state index contributed by atoms with van der Waals surface area (Å²) >= 11 is 0. The van der Waals surface area contributed by atoms with Crippen LogP contribution < -0.4 is 15.4 Å². The molecule has 1 aromatic carbocycles. The van der Waals surface area contributed by atoms with Gasteiger partial charge >= 0.3 is 0 Å². The molecule has 0 radical (unpaired) electrons. The number of sulfonamides is 1. The van der Waals surface area contributed by atoms with E-state index in [-0.39, 0.29) is 19.0 Å². The molecule has 2 aliphatic rings. The van der Waals surface area contributed by atoms with Gasteiger partial charge in [-0.1, -0.05) is 30.3 Å². The number of guanidine groups is 1. The number of aliphatic imine (C=N–C) groups is 1. The summed E-state index contributed by atoms with van der Waals surface area (Å²) in [5.41, 5.74) is 6.41. The first-order valence-corrected chi connectivity index (χ1v) is 11.5. The normalized spacial score (nSPS) is 24.6. The summed E-state index contributed by atoms with van der Waals surface area (Å²) in [6.07, 6.45) is 0. The Morgan fingerprint density at radius 2 is 2.00 bits per heavy atom. The lowest BCUT2D eigenvalue weighted by atomic mass is 9.89. The van der Waals surface area contributed by atoms with E-state index in [4.69, 9.17) is 20.2 Å². The average Bonchev–Trinajstić information content (AvgIpc) is 3.18. The van der Waals surface area contributed by atoms with Gasteiger partial charge in [0.05, 0.1) is 26.0 Å².